The van der Waals surface area contributed by atoms with E-state index in [2.05, 4.69) is 5.32 Å². The van der Waals surface area contributed by atoms with Crippen LogP contribution in [0, 0.1) is 16.7 Å². The van der Waals surface area contributed by atoms with Crippen molar-refractivity contribution in [3.63, 3.8) is 0 Å². The van der Waals surface area contributed by atoms with Gasteiger partial charge >= 0.3 is 5.97 Å². The van der Waals surface area contributed by atoms with Crippen LogP contribution < -0.4 is 5.32 Å². The molecule has 2 N–H and O–H groups in total. The van der Waals surface area contributed by atoms with Gasteiger partial charge in [-0.25, -0.2) is 4.79 Å². The van der Waals surface area contributed by atoms with Gasteiger partial charge in [0.15, 0.2) is 0 Å². The smallest absolute Gasteiger partial charge is 0.326 e. The highest BCUT2D eigenvalue weighted by Gasteiger charge is 2.62. The van der Waals surface area contributed by atoms with E-state index in [1.807, 2.05) is 20.8 Å². The SMILES string of the molecule is CC1(C)[C@@H]2CC[C@@]1(C)C(=O)N[C@H]2C(=O)O. The Hall–Kier alpha value is -1.06. The molecule has 1 aliphatic heterocycles. The number of piperidine rings is 1. The predicted molar refractivity (Wildman–Crippen MR) is 54.2 cm³/mol. The van der Waals surface area contributed by atoms with Crippen LogP contribution in [0.2, 0.25) is 0 Å². The summed E-state index contributed by atoms with van der Waals surface area (Å²) in [4.78, 5) is 23.0. The van der Waals surface area contributed by atoms with E-state index in [1.165, 1.54) is 0 Å². The molecule has 4 nitrogen and oxygen atoms in total. The second kappa shape index (κ2) is 2.74. The maximum atomic E-state index is 11.9. The number of rotatable bonds is 1. The number of carboxylic acid groups (broad SMARTS) is 1. The summed E-state index contributed by atoms with van der Waals surface area (Å²) in [5, 5.41) is 11.7. The van der Waals surface area contributed by atoms with Crippen molar-refractivity contribution in [3.05, 3.63) is 0 Å². The number of hydrogen-bond acceptors (Lipinski definition) is 2. The van der Waals surface area contributed by atoms with E-state index >= 15 is 0 Å². The van der Waals surface area contributed by atoms with Crippen molar-refractivity contribution >= 4 is 11.9 Å². The number of carboxylic acids is 1. The lowest BCUT2D eigenvalue weighted by molar-refractivity contribution is -0.154. The molecule has 0 aromatic heterocycles. The molecule has 0 unspecified atom stereocenters. The van der Waals surface area contributed by atoms with Crippen molar-refractivity contribution in [1.29, 1.82) is 0 Å². The summed E-state index contributed by atoms with van der Waals surface area (Å²) in [6, 6.07) is -0.705. The third-order valence-corrected chi connectivity index (χ3v) is 4.76. The molecule has 3 atom stereocenters. The Bertz CT molecular complexity index is 337. The molecule has 2 rings (SSSR count). The van der Waals surface area contributed by atoms with Crippen LogP contribution in [-0.2, 0) is 9.59 Å². The van der Waals surface area contributed by atoms with Crippen LogP contribution in [0.4, 0.5) is 0 Å². The molecule has 1 heterocycles. The molecule has 0 aromatic carbocycles. The Morgan fingerprint density at radius 2 is 2.07 bits per heavy atom. The summed E-state index contributed by atoms with van der Waals surface area (Å²) in [6.07, 6.45) is 1.61. The zero-order valence-electron chi connectivity index (χ0n) is 9.33. The van der Waals surface area contributed by atoms with Gasteiger partial charge in [0, 0.05) is 0 Å². The van der Waals surface area contributed by atoms with Gasteiger partial charge in [-0.2, -0.15) is 0 Å². The van der Waals surface area contributed by atoms with E-state index in [0.717, 1.165) is 12.8 Å². The average molecular weight is 211 g/mol. The molecule has 0 spiro atoms. The molecule has 2 fully saturated rings. The fourth-order valence-corrected chi connectivity index (χ4v) is 3.16. The minimum Gasteiger partial charge on any atom is -0.480 e. The van der Waals surface area contributed by atoms with Gasteiger partial charge in [-0.1, -0.05) is 20.8 Å². The largest absolute Gasteiger partial charge is 0.480 e. The molecule has 1 saturated heterocycles. The third kappa shape index (κ3) is 1.08. The Morgan fingerprint density at radius 3 is 2.60 bits per heavy atom. The van der Waals surface area contributed by atoms with Gasteiger partial charge in [0.05, 0.1) is 5.41 Å². The zero-order chi connectivity index (χ0) is 11.4. The number of carbonyl (C=O) groups excluding carboxylic acids is 1. The highest BCUT2D eigenvalue weighted by Crippen LogP contribution is 2.59. The Balaban J connectivity index is 2.44. The minimum absolute atomic E-state index is 0.0534. The van der Waals surface area contributed by atoms with Crippen LogP contribution in [0.5, 0.6) is 0 Å². The van der Waals surface area contributed by atoms with E-state index in [0.29, 0.717) is 0 Å². The third-order valence-electron chi connectivity index (χ3n) is 4.76. The molecule has 0 aromatic rings. The van der Waals surface area contributed by atoms with Crippen LogP contribution in [0.1, 0.15) is 33.6 Å². The lowest BCUT2D eigenvalue weighted by atomic mass is 9.61. The average Bonchev–Trinajstić information content (AvgIpc) is 2.29. The van der Waals surface area contributed by atoms with Gasteiger partial charge in [0.25, 0.3) is 0 Å². The van der Waals surface area contributed by atoms with E-state index < -0.39 is 17.4 Å². The van der Waals surface area contributed by atoms with Gasteiger partial charge in [0.2, 0.25) is 5.91 Å². The van der Waals surface area contributed by atoms with Crippen molar-refractivity contribution in [3.8, 4) is 0 Å². The molecular formula is C11H17NO3. The molecule has 15 heavy (non-hydrogen) atoms. The molecule has 1 amide bonds. The van der Waals surface area contributed by atoms with Gasteiger partial charge in [-0.15, -0.1) is 0 Å². The van der Waals surface area contributed by atoms with Crippen LogP contribution in [-0.4, -0.2) is 23.0 Å². The van der Waals surface area contributed by atoms with Crippen LogP contribution in [0.15, 0.2) is 0 Å². The van der Waals surface area contributed by atoms with Crippen molar-refractivity contribution in [1.82, 2.24) is 5.32 Å². The first-order chi connectivity index (χ1) is 6.80. The highest BCUT2D eigenvalue weighted by atomic mass is 16.4. The van der Waals surface area contributed by atoms with Crippen LogP contribution in [0.25, 0.3) is 0 Å². The maximum Gasteiger partial charge on any atom is 0.326 e. The first-order valence-corrected chi connectivity index (χ1v) is 5.34. The summed E-state index contributed by atoms with van der Waals surface area (Å²) in [7, 11) is 0. The number of hydrogen-bond donors (Lipinski definition) is 2. The summed E-state index contributed by atoms with van der Waals surface area (Å²) in [5.74, 6) is -0.961. The molecular weight excluding hydrogens is 194 g/mol. The van der Waals surface area contributed by atoms with Crippen molar-refractivity contribution < 1.29 is 14.7 Å². The van der Waals surface area contributed by atoms with E-state index in [1.54, 1.807) is 0 Å². The second-order valence-electron chi connectivity index (χ2n) is 5.49. The molecule has 2 aliphatic rings. The molecule has 1 aliphatic carbocycles. The Kier molecular flexibility index (Phi) is 1.91. The van der Waals surface area contributed by atoms with E-state index in [-0.39, 0.29) is 17.2 Å². The summed E-state index contributed by atoms with van der Waals surface area (Å²) in [6.45, 7) is 5.97. The summed E-state index contributed by atoms with van der Waals surface area (Å²) < 4.78 is 0. The van der Waals surface area contributed by atoms with E-state index in [9.17, 15) is 9.59 Å². The first-order valence-electron chi connectivity index (χ1n) is 5.34. The number of nitrogens with one attached hydrogen (secondary N) is 1. The quantitative estimate of drug-likeness (QED) is 0.680. The van der Waals surface area contributed by atoms with Crippen molar-refractivity contribution in [2.45, 2.75) is 39.7 Å². The topological polar surface area (TPSA) is 66.4 Å². The fraction of sp³-hybridized carbons (Fsp3) is 0.818. The first kappa shape index (κ1) is 10.5. The van der Waals surface area contributed by atoms with Crippen molar-refractivity contribution in [2.24, 2.45) is 16.7 Å². The monoisotopic (exact) mass is 211 g/mol. The van der Waals surface area contributed by atoms with Gasteiger partial charge in [-0.3, -0.25) is 4.79 Å². The number of amides is 1. The van der Waals surface area contributed by atoms with Gasteiger partial charge < -0.3 is 10.4 Å². The minimum atomic E-state index is -0.912. The number of fused-ring (bicyclic) bond motifs is 2. The molecule has 4 heteroatoms. The molecule has 84 valence electrons. The maximum absolute atomic E-state index is 11.9. The number of carbonyl (C=O) groups is 2. The second-order valence-corrected chi connectivity index (χ2v) is 5.49. The normalized spacial score (nSPS) is 42.5. The zero-order valence-corrected chi connectivity index (χ0v) is 9.33. The van der Waals surface area contributed by atoms with Crippen LogP contribution >= 0.6 is 0 Å². The predicted octanol–water partition coefficient (Wildman–Crippen LogP) is 1.01. The Morgan fingerprint density at radius 1 is 1.47 bits per heavy atom. The number of aliphatic carboxylic acids is 1. The van der Waals surface area contributed by atoms with Crippen molar-refractivity contribution in [2.75, 3.05) is 0 Å². The lowest BCUT2D eigenvalue weighted by Gasteiger charge is -2.47. The van der Waals surface area contributed by atoms with Gasteiger partial charge in [0.1, 0.15) is 6.04 Å². The molecule has 0 radical (unpaired) electrons. The highest BCUT2D eigenvalue weighted by molar-refractivity contribution is 5.90. The Labute approximate surface area is 89.0 Å². The van der Waals surface area contributed by atoms with Gasteiger partial charge in [-0.05, 0) is 24.2 Å². The molecule has 2 bridgehead atoms. The van der Waals surface area contributed by atoms with E-state index in [4.69, 9.17) is 5.11 Å². The fourth-order valence-electron chi connectivity index (χ4n) is 3.16. The van der Waals surface area contributed by atoms with Crippen LogP contribution in [0.3, 0.4) is 0 Å². The summed E-state index contributed by atoms with van der Waals surface area (Å²) in [5.41, 5.74) is -0.623. The lowest BCUT2D eigenvalue weighted by Crippen LogP contribution is -2.61. The molecule has 1 saturated carbocycles. The summed E-state index contributed by atoms with van der Waals surface area (Å²) >= 11 is 0. The standard InChI is InChI=1S/C11H17NO3/c1-10(2)6-4-5-11(10,3)9(15)12-7(6)8(13)14/h6-7H,4-5H2,1-3H3,(H,12,15)(H,13,14)/t6-,7-,11+/m1/s1.